The molecule has 1 aliphatic heterocycles. The van der Waals surface area contributed by atoms with Gasteiger partial charge in [-0.1, -0.05) is 6.08 Å². The van der Waals surface area contributed by atoms with Crippen LogP contribution in [0, 0.1) is 0 Å². The van der Waals surface area contributed by atoms with Crippen molar-refractivity contribution in [3.8, 4) is 0 Å². The minimum absolute atomic E-state index is 0.169. The van der Waals surface area contributed by atoms with Crippen molar-refractivity contribution >= 4 is 0 Å². The van der Waals surface area contributed by atoms with Gasteiger partial charge in [-0.3, -0.25) is 0 Å². The minimum atomic E-state index is -0.850. The van der Waals surface area contributed by atoms with E-state index in [0.29, 0.717) is 6.61 Å². The molecule has 0 aromatic carbocycles. The van der Waals surface area contributed by atoms with Gasteiger partial charge < -0.3 is 14.9 Å². The van der Waals surface area contributed by atoms with E-state index < -0.39 is 12.2 Å². The van der Waals surface area contributed by atoms with Crippen LogP contribution in [-0.2, 0) is 4.74 Å². The molecule has 1 rings (SSSR count). The monoisotopic (exact) mass is 130 g/mol. The molecule has 0 aromatic rings. The maximum absolute atomic E-state index is 9.01. The van der Waals surface area contributed by atoms with Crippen LogP contribution in [0.1, 0.15) is 0 Å². The summed E-state index contributed by atoms with van der Waals surface area (Å²) < 4.78 is 4.74. The van der Waals surface area contributed by atoms with Crippen LogP contribution in [0.3, 0.4) is 0 Å². The van der Waals surface area contributed by atoms with E-state index in [2.05, 4.69) is 6.58 Å². The highest BCUT2D eigenvalue weighted by atomic mass is 16.6. The Morgan fingerprint density at radius 1 is 1.67 bits per heavy atom. The molecule has 9 heavy (non-hydrogen) atoms. The summed E-state index contributed by atoms with van der Waals surface area (Å²) in [5, 5.41) is 17.9. The minimum Gasteiger partial charge on any atom is -0.387 e. The van der Waals surface area contributed by atoms with Gasteiger partial charge in [-0.15, -0.1) is 6.58 Å². The zero-order valence-electron chi connectivity index (χ0n) is 5.03. The molecule has 3 heteroatoms. The molecule has 0 aromatic heterocycles. The van der Waals surface area contributed by atoms with Crippen molar-refractivity contribution in [3.05, 3.63) is 12.7 Å². The first-order chi connectivity index (χ1) is 4.25. The second-order valence-corrected chi connectivity index (χ2v) is 2.09. The third-order valence-electron chi connectivity index (χ3n) is 1.33. The maximum atomic E-state index is 9.01. The lowest BCUT2D eigenvalue weighted by atomic mass is 10.1. The summed E-state index contributed by atoms with van der Waals surface area (Å²) in [7, 11) is 0. The molecular weight excluding hydrogens is 120 g/mol. The van der Waals surface area contributed by atoms with E-state index in [1.807, 2.05) is 0 Å². The summed E-state index contributed by atoms with van der Waals surface area (Å²) in [6.45, 7) is 3.87. The normalized spacial score (nSPS) is 31.1. The van der Waals surface area contributed by atoms with Gasteiger partial charge in [0, 0.05) is 0 Å². The van der Waals surface area contributed by atoms with Gasteiger partial charge in [-0.05, 0) is 0 Å². The first kappa shape index (κ1) is 6.74. The van der Waals surface area contributed by atoms with Crippen LogP contribution in [0.15, 0.2) is 12.7 Å². The fraction of sp³-hybridized carbons (Fsp3) is 0.667. The molecule has 1 aliphatic rings. The van der Waals surface area contributed by atoms with Gasteiger partial charge in [-0.2, -0.15) is 0 Å². The molecule has 1 saturated heterocycles. The molecule has 0 spiro atoms. The highest BCUT2D eigenvalue weighted by Crippen LogP contribution is 2.16. The number of epoxide rings is 1. The lowest BCUT2D eigenvalue weighted by Gasteiger charge is -2.09. The van der Waals surface area contributed by atoms with Crippen LogP contribution >= 0.6 is 0 Å². The van der Waals surface area contributed by atoms with Gasteiger partial charge in [0.2, 0.25) is 0 Å². The standard InChI is InChI=1S/C6H10O3/c1-2-4(7)6(8)5-3-9-5/h2,4-8H,1,3H2/t4-,5+,6-/m1/s1. The second kappa shape index (κ2) is 2.47. The van der Waals surface area contributed by atoms with E-state index >= 15 is 0 Å². The molecule has 0 bridgehead atoms. The highest BCUT2D eigenvalue weighted by Gasteiger charge is 2.34. The van der Waals surface area contributed by atoms with Crippen LogP contribution < -0.4 is 0 Å². The van der Waals surface area contributed by atoms with Crippen molar-refractivity contribution in [1.82, 2.24) is 0 Å². The lowest BCUT2D eigenvalue weighted by molar-refractivity contribution is 0.0296. The Morgan fingerprint density at radius 2 is 2.22 bits per heavy atom. The van der Waals surface area contributed by atoms with Crippen molar-refractivity contribution in [1.29, 1.82) is 0 Å². The summed E-state index contributed by atoms with van der Waals surface area (Å²) in [6, 6.07) is 0. The quantitative estimate of drug-likeness (QED) is 0.392. The van der Waals surface area contributed by atoms with Crippen LogP contribution in [0.4, 0.5) is 0 Å². The second-order valence-electron chi connectivity index (χ2n) is 2.09. The van der Waals surface area contributed by atoms with Gasteiger partial charge in [0.15, 0.2) is 0 Å². The van der Waals surface area contributed by atoms with Crippen LogP contribution in [0.5, 0.6) is 0 Å². The number of hydrogen-bond acceptors (Lipinski definition) is 3. The Morgan fingerprint density at radius 3 is 2.56 bits per heavy atom. The summed E-state index contributed by atoms with van der Waals surface area (Å²) >= 11 is 0. The van der Waals surface area contributed by atoms with Crippen molar-refractivity contribution in [3.63, 3.8) is 0 Å². The molecule has 1 heterocycles. The summed E-state index contributed by atoms with van der Waals surface area (Å²) in [6.07, 6.45) is -0.509. The van der Waals surface area contributed by atoms with Crippen LogP contribution in [0.25, 0.3) is 0 Å². The molecule has 1 fully saturated rings. The molecule has 3 atom stereocenters. The van der Waals surface area contributed by atoms with E-state index in [9.17, 15) is 0 Å². The molecule has 2 N–H and O–H groups in total. The molecule has 0 amide bonds. The summed E-state index contributed by atoms with van der Waals surface area (Å²) in [5.41, 5.74) is 0. The number of aliphatic hydroxyl groups is 2. The van der Waals surface area contributed by atoms with Crippen molar-refractivity contribution in [2.75, 3.05) is 6.61 Å². The van der Waals surface area contributed by atoms with Crippen molar-refractivity contribution in [2.45, 2.75) is 18.3 Å². The molecule has 0 radical (unpaired) electrons. The van der Waals surface area contributed by atoms with Crippen LogP contribution in [0.2, 0.25) is 0 Å². The Balaban J connectivity index is 2.30. The molecule has 0 saturated carbocycles. The Hall–Kier alpha value is -0.380. The smallest absolute Gasteiger partial charge is 0.112 e. The Labute approximate surface area is 53.6 Å². The van der Waals surface area contributed by atoms with Gasteiger partial charge in [-0.25, -0.2) is 0 Å². The number of hydrogen-bond donors (Lipinski definition) is 2. The van der Waals surface area contributed by atoms with Crippen LogP contribution in [-0.4, -0.2) is 35.1 Å². The summed E-state index contributed by atoms with van der Waals surface area (Å²) in [4.78, 5) is 0. The lowest BCUT2D eigenvalue weighted by Crippen LogP contribution is -2.28. The van der Waals surface area contributed by atoms with Gasteiger partial charge in [0.05, 0.1) is 6.61 Å². The Kier molecular flexibility index (Phi) is 1.85. The number of aliphatic hydroxyl groups excluding tert-OH is 2. The predicted octanol–water partition coefficient (Wildman–Crippen LogP) is -0.707. The zero-order valence-corrected chi connectivity index (χ0v) is 5.03. The molecule has 0 aliphatic carbocycles. The van der Waals surface area contributed by atoms with Gasteiger partial charge in [0.25, 0.3) is 0 Å². The maximum Gasteiger partial charge on any atom is 0.112 e. The molecule has 0 unspecified atom stereocenters. The summed E-state index contributed by atoms with van der Waals surface area (Å²) in [5.74, 6) is 0. The van der Waals surface area contributed by atoms with E-state index in [0.717, 1.165) is 0 Å². The third kappa shape index (κ3) is 1.51. The van der Waals surface area contributed by atoms with E-state index in [1.165, 1.54) is 6.08 Å². The Bertz CT molecular complexity index is 109. The number of ether oxygens (including phenoxy) is 1. The number of rotatable bonds is 3. The average Bonchev–Trinajstić information content (AvgIpc) is 2.66. The van der Waals surface area contributed by atoms with E-state index in [-0.39, 0.29) is 6.10 Å². The molecule has 3 nitrogen and oxygen atoms in total. The van der Waals surface area contributed by atoms with Gasteiger partial charge >= 0.3 is 0 Å². The van der Waals surface area contributed by atoms with Gasteiger partial charge in [0.1, 0.15) is 18.3 Å². The van der Waals surface area contributed by atoms with Crippen molar-refractivity contribution < 1.29 is 14.9 Å². The van der Waals surface area contributed by atoms with E-state index in [1.54, 1.807) is 0 Å². The molecule has 52 valence electrons. The SMILES string of the molecule is C=C[C@@H](O)[C@@H](O)[C@@H]1CO1. The largest absolute Gasteiger partial charge is 0.387 e. The predicted molar refractivity (Wildman–Crippen MR) is 32.0 cm³/mol. The first-order valence-corrected chi connectivity index (χ1v) is 2.86. The average molecular weight is 130 g/mol. The third-order valence-corrected chi connectivity index (χ3v) is 1.33. The first-order valence-electron chi connectivity index (χ1n) is 2.86. The van der Waals surface area contributed by atoms with E-state index in [4.69, 9.17) is 14.9 Å². The highest BCUT2D eigenvalue weighted by molar-refractivity contribution is 4.92. The van der Waals surface area contributed by atoms with Crippen molar-refractivity contribution in [2.24, 2.45) is 0 Å². The fourth-order valence-electron chi connectivity index (χ4n) is 0.612. The topological polar surface area (TPSA) is 53.0 Å². The zero-order chi connectivity index (χ0) is 6.85. The fourth-order valence-corrected chi connectivity index (χ4v) is 0.612. The molecular formula is C6H10O3.